The van der Waals surface area contributed by atoms with Gasteiger partial charge in [-0.2, -0.15) is 0 Å². The highest BCUT2D eigenvalue weighted by molar-refractivity contribution is 5.86. The summed E-state index contributed by atoms with van der Waals surface area (Å²) in [6.45, 7) is 6.45. The Balaban J connectivity index is 1.60. The SMILES string of the molecule is CCn1c(-c2cnc(C)nc2)nc2c(N[C@H]3CCN(C(=O)CN(C)C)C3)ncnc21. The minimum atomic E-state index is 0.132. The molecule has 3 aromatic rings. The normalized spacial score (nSPS) is 16.6. The second-order valence-corrected chi connectivity index (χ2v) is 7.80. The first kappa shape index (κ1) is 20.1. The molecule has 1 N–H and O–H groups in total. The van der Waals surface area contributed by atoms with Crippen molar-refractivity contribution in [2.24, 2.45) is 0 Å². The van der Waals surface area contributed by atoms with Crippen molar-refractivity contribution < 1.29 is 4.79 Å². The molecule has 0 aliphatic carbocycles. The van der Waals surface area contributed by atoms with Gasteiger partial charge in [0.25, 0.3) is 0 Å². The number of carbonyl (C=O) groups excluding carboxylic acids is 1. The van der Waals surface area contributed by atoms with Crippen LogP contribution in [0.15, 0.2) is 18.7 Å². The molecule has 10 nitrogen and oxygen atoms in total. The van der Waals surface area contributed by atoms with E-state index >= 15 is 0 Å². The smallest absolute Gasteiger partial charge is 0.236 e. The molecular formula is C20H27N9O. The second-order valence-electron chi connectivity index (χ2n) is 7.80. The van der Waals surface area contributed by atoms with Crippen LogP contribution < -0.4 is 5.32 Å². The van der Waals surface area contributed by atoms with E-state index in [0.29, 0.717) is 31.0 Å². The Morgan fingerprint density at radius 1 is 1.23 bits per heavy atom. The van der Waals surface area contributed by atoms with Gasteiger partial charge in [0.05, 0.1) is 12.1 Å². The Labute approximate surface area is 175 Å². The Morgan fingerprint density at radius 2 is 2.00 bits per heavy atom. The molecule has 3 aromatic heterocycles. The maximum atomic E-state index is 12.3. The van der Waals surface area contributed by atoms with Gasteiger partial charge >= 0.3 is 0 Å². The minimum absolute atomic E-state index is 0.132. The van der Waals surface area contributed by atoms with Crippen molar-refractivity contribution in [1.29, 1.82) is 0 Å². The predicted octanol–water partition coefficient (Wildman–Crippen LogP) is 1.19. The highest BCUT2D eigenvalue weighted by Crippen LogP contribution is 2.27. The van der Waals surface area contributed by atoms with E-state index in [1.807, 2.05) is 35.4 Å². The van der Waals surface area contributed by atoms with Crippen molar-refractivity contribution in [1.82, 2.24) is 39.3 Å². The lowest BCUT2D eigenvalue weighted by Crippen LogP contribution is -2.37. The van der Waals surface area contributed by atoms with Gasteiger partial charge in [0.1, 0.15) is 18.0 Å². The summed E-state index contributed by atoms with van der Waals surface area (Å²) in [5.74, 6) is 2.32. The number of aryl methyl sites for hydroxylation is 2. The maximum Gasteiger partial charge on any atom is 0.236 e. The predicted molar refractivity (Wildman–Crippen MR) is 114 cm³/mol. The maximum absolute atomic E-state index is 12.3. The number of hydrogen-bond acceptors (Lipinski definition) is 8. The molecular weight excluding hydrogens is 382 g/mol. The van der Waals surface area contributed by atoms with Gasteiger partial charge in [0.2, 0.25) is 5.91 Å². The van der Waals surface area contributed by atoms with E-state index in [4.69, 9.17) is 4.98 Å². The molecule has 1 amide bonds. The Kier molecular flexibility index (Phi) is 5.58. The van der Waals surface area contributed by atoms with Crippen LogP contribution in [0.1, 0.15) is 19.2 Å². The summed E-state index contributed by atoms with van der Waals surface area (Å²) >= 11 is 0. The highest BCUT2D eigenvalue weighted by atomic mass is 16.2. The summed E-state index contributed by atoms with van der Waals surface area (Å²) in [6, 6.07) is 0.132. The molecule has 1 aliphatic heterocycles. The molecule has 30 heavy (non-hydrogen) atoms. The quantitative estimate of drug-likeness (QED) is 0.647. The van der Waals surface area contributed by atoms with Crippen LogP contribution in [-0.2, 0) is 11.3 Å². The third kappa shape index (κ3) is 3.95. The second kappa shape index (κ2) is 8.31. The van der Waals surface area contributed by atoms with Crippen LogP contribution in [0.4, 0.5) is 5.82 Å². The summed E-state index contributed by atoms with van der Waals surface area (Å²) in [5.41, 5.74) is 2.32. The number of likely N-dealkylation sites (N-methyl/N-ethyl adjacent to an activating group) is 1. The van der Waals surface area contributed by atoms with Gasteiger partial charge in [0, 0.05) is 38.1 Å². The third-order valence-corrected chi connectivity index (χ3v) is 5.22. The molecule has 1 saturated heterocycles. The number of anilines is 1. The Morgan fingerprint density at radius 3 is 2.70 bits per heavy atom. The average molecular weight is 409 g/mol. The van der Waals surface area contributed by atoms with Crippen LogP contribution in [0.3, 0.4) is 0 Å². The van der Waals surface area contributed by atoms with E-state index in [1.165, 1.54) is 0 Å². The minimum Gasteiger partial charge on any atom is -0.364 e. The van der Waals surface area contributed by atoms with Crippen LogP contribution in [0, 0.1) is 6.92 Å². The van der Waals surface area contributed by atoms with Crippen molar-refractivity contribution in [3.63, 3.8) is 0 Å². The number of amides is 1. The average Bonchev–Trinajstić information content (AvgIpc) is 3.33. The molecule has 0 aromatic carbocycles. The molecule has 158 valence electrons. The monoisotopic (exact) mass is 409 g/mol. The van der Waals surface area contributed by atoms with Crippen molar-refractivity contribution in [3.05, 3.63) is 24.5 Å². The zero-order chi connectivity index (χ0) is 21.3. The van der Waals surface area contributed by atoms with E-state index in [2.05, 4.69) is 32.2 Å². The van der Waals surface area contributed by atoms with Crippen LogP contribution >= 0.6 is 0 Å². The van der Waals surface area contributed by atoms with Gasteiger partial charge in [-0.15, -0.1) is 0 Å². The number of nitrogens with one attached hydrogen (secondary N) is 1. The van der Waals surface area contributed by atoms with Crippen LogP contribution in [-0.4, -0.2) is 85.0 Å². The lowest BCUT2D eigenvalue weighted by molar-refractivity contribution is -0.130. The van der Waals surface area contributed by atoms with E-state index in [-0.39, 0.29) is 11.9 Å². The Bertz CT molecular complexity index is 1040. The van der Waals surface area contributed by atoms with Crippen molar-refractivity contribution in [2.75, 3.05) is 39.0 Å². The van der Waals surface area contributed by atoms with E-state index in [0.717, 1.165) is 35.8 Å². The number of imidazole rings is 1. The number of aromatic nitrogens is 6. The van der Waals surface area contributed by atoms with E-state index in [1.54, 1.807) is 18.7 Å². The summed E-state index contributed by atoms with van der Waals surface area (Å²) in [5, 5.41) is 3.48. The molecule has 4 heterocycles. The zero-order valence-corrected chi connectivity index (χ0v) is 17.8. The first-order valence-electron chi connectivity index (χ1n) is 10.2. The number of fused-ring (bicyclic) bond motifs is 1. The summed E-state index contributed by atoms with van der Waals surface area (Å²) in [4.78, 5) is 38.5. The summed E-state index contributed by atoms with van der Waals surface area (Å²) in [6.07, 6.45) is 5.98. The third-order valence-electron chi connectivity index (χ3n) is 5.22. The number of nitrogens with zero attached hydrogens (tertiary/aromatic N) is 8. The summed E-state index contributed by atoms with van der Waals surface area (Å²) in [7, 11) is 3.81. The number of rotatable bonds is 6. The lowest BCUT2D eigenvalue weighted by atomic mass is 10.2. The molecule has 1 fully saturated rings. The zero-order valence-electron chi connectivity index (χ0n) is 17.8. The van der Waals surface area contributed by atoms with Crippen LogP contribution in [0.5, 0.6) is 0 Å². The molecule has 0 saturated carbocycles. The molecule has 0 spiro atoms. The number of carbonyl (C=O) groups is 1. The molecule has 10 heteroatoms. The van der Waals surface area contributed by atoms with Gasteiger partial charge in [0.15, 0.2) is 17.0 Å². The summed E-state index contributed by atoms with van der Waals surface area (Å²) < 4.78 is 2.04. The Hall–Kier alpha value is -3.14. The molecule has 4 rings (SSSR count). The van der Waals surface area contributed by atoms with Crippen molar-refractivity contribution in [2.45, 2.75) is 32.9 Å². The van der Waals surface area contributed by atoms with Crippen molar-refractivity contribution in [3.8, 4) is 11.4 Å². The first-order chi connectivity index (χ1) is 14.5. The number of hydrogen-bond donors (Lipinski definition) is 1. The van der Waals surface area contributed by atoms with E-state index < -0.39 is 0 Å². The highest BCUT2D eigenvalue weighted by Gasteiger charge is 2.27. The first-order valence-corrected chi connectivity index (χ1v) is 10.2. The van der Waals surface area contributed by atoms with Crippen LogP contribution in [0.25, 0.3) is 22.6 Å². The molecule has 1 aliphatic rings. The van der Waals surface area contributed by atoms with Gasteiger partial charge < -0.3 is 19.7 Å². The number of likely N-dealkylation sites (tertiary alicyclic amines) is 1. The molecule has 0 bridgehead atoms. The largest absolute Gasteiger partial charge is 0.364 e. The molecule has 0 radical (unpaired) electrons. The topological polar surface area (TPSA) is 105 Å². The van der Waals surface area contributed by atoms with Gasteiger partial charge in [-0.25, -0.2) is 24.9 Å². The molecule has 1 atom stereocenters. The standard InChI is InChI=1S/C20H27N9O/c1-5-29-19(14-8-21-13(2)22-9-14)26-17-18(23-12-24-20(17)29)25-15-6-7-28(10-15)16(30)11-27(3)4/h8-9,12,15H,5-7,10-11H2,1-4H3,(H,23,24,25)/t15-/m0/s1. The van der Waals surface area contributed by atoms with E-state index in [9.17, 15) is 4.79 Å². The fraction of sp³-hybridized carbons (Fsp3) is 0.500. The van der Waals surface area contributed by atoms with Crippen molar-refractivity contribution >= 4 is 22.9 Å². The molecule has 0 unspecified atom stereocenters. The van der Waals surface area contributed by atoms with Crippen LogP contribution in [0.2, 0.25) is 0 Å². The van der Waals surface area contributed by atoms with Gasteiger partial charge in [-0.1, -0.05) is 0 Å². The van der Waals surface area contributed by atoms with Gasteiger partial charge in [-0.3, -0.25) is 4.79 Å². The van der Waals surface area contributed by atoms with Gasteiger partial charge in [-0.05, 0) is 34.4 Å². The fourth-order valence-electron chi connectivity index (χ4n) is 3.74. The lowest BCUT2D eigenvalue weighted by Gasteiger charge is -2.19. The fourth-order valence-corrected chi connectivity index (χ4v) is 3.74.